The topological polar surface area (TPSA) is 64.1 Å². The molecule has 52 valence electrons. The quantitative estimate of drug-likeness (QED) is 0.382. The monoisotopic (exact) mass is 147 g/mol. The summed E-state index contributed by atoms with van der Waals surface area (Å²) in [6.45, 7) is 0. The third kappa shape index (κ3) is 5.03. The van der Waals surface area contributed by atoms with Gasteiger partial charge in [0.25, 0.3) is 0 Å². The first-order chi connectivity index (χ1) is 4.16. The molecule has 0 bridgehead atoms. The molecule has 0 aliphatic carbocycles. The van der Waals surface area contributed by atoms with Crippen molar-refractivity contribution in [2.45, 2.75) is 0 Å². The average molecular weight is 148 g/mol. The molecule has 0 amide bonds. The van der Waals surface area contributed by atoms with Gasteiger partial charge in [-0.05, 0) is 12.2 Å². The summed E-state index contributed by atoms with van der Waals surface area (Å²) in [4.78, 5) is 0. The fourth-order valence-electron chi connectivity index (χ4n) is 0.253. The number of nitrogens with two attached hydrogens (primary N) is 2. The summed E-state index contributed by atoms with van der Waals surface area (Å²) in [5.41, 5.74) is 10.4. The summed E-state index contributed by atoms with van der Waals surface area (Å²) in [6, 6.07) is 0. The minimum Gasteiger partial charge on any atom is -0.389 e. The molecule has 0 aromatic carbocycles. The van der Waals surface area contributed by atoms with Crippen molar-refractivity contribution in [1.29, 1.82) is 0 Å². The van der Waals surface area contributed by atoms with Crippen LogP contribution in [0.5, 0.6) is 0 Å². The maximum Gasteiger partial charge on any atom is 0.0993 e. The molecule has 0 fully saturated rings. The van der Waals surface area contributed by atoms with Gasteiger partial charge in [0.1, 0.15) is 0 Å². The van der Waals surface area contributed by atoms with E-state index >= 15 is 0 Å². The first-order valence-electron chi connectivity index (χ1n) is 2.43. The second-order valence-corrected chi connectivity index (χ2v) is 1.86. The van der Waals surface area contributed by atoms with Gasteiger partial charge in [-0.2, -0.15) is 0 Å². The molecule has 0 aliphatic heterocycles. The molecule has 9 heavy (non-hydrogen) atoms. The molecule has 0 radical (unpaired) electrons. The Morgan fingerprint density at radius 3 is 2.33 bits per heavy atom. The lowest BCUT2D eigenvalue weighted by Crippen LogP contribution is -2.13. The van der Waals surface area contributed by atoms with Gasteiger partial charge in [0.05, 0.1) is 11.0 Å². The van der Waals surface area contributed by atoms with Crippen molar-refractivity contribution in [2.24, 2.45) is 11.5 Å². The summed E-state index contributed by atoms with van der Waals surface area (Å²) in [5.74, 6) is 0.526. The number of allylic oxidation sites excluding steroid dienone is 2. The Morgan fingerprint density at radius 2 is 2.00 bits per heavy atom. The molecule has 5 N–H and O–H groups in total. The number of halogens is 1. The summed E-state index contributed by atoms with van der Waals surface area (Å²) in [7, 11) is 1.71. The molecule has 0 heterocycles. The van der Waals surface area contributed by atoms with E-state index in [-0.39, 0.29) is 5.16 Å². The normalized spacial score (nSPS) is 13.6. The van der Waals surface area contributed by atoms with Crippen LogP contribution in [0.4, 0.5) is 0 Å². The molecule has 0 aliphatic rings. The maximum absolute atomic E-state index is 5.31. The highest BCUT2D eigenvalue weighted by molar-refractivity contribution is 6.29. The van der Waals surface area contributed by atoms with E-state index in [1.807, 2.05) is 0 Å². The molecule has 0 unspecified atom stereocenters. The van der Waals surface area contributed by atoms with Crippen LogP contribution >= 0.6 is 11.6 Å². The summed E-state index contributed by atoms with van der Waals surface area (Å²) < 4.78 is 0. The standard InChI is InChI=1S/C5H10ClN3/c1-9-5(8)3-2-4(6)7/h2-3,9H,7-8H2,1H3/b4-2-,5-3+. The molecule has 4 heteroatoms. The molecule has 0 saturated carbocycles. The maximum atomic E-state index is 5.31. The van der Waals surface area contributed by atoms with E-state index in [0.29, 0.717) is 5.82 Å². The van der Waals surface area contributed by atoms with Crippen LogP contribution in [-0.2, 0) is 0 Å². The van der Waals surface area contributed by atoms with Crippen LogP contribution in [0.25, 0.3) is 0 Å². The molecule has 0 rings (SSSR count). The zero-order chi connectivity index (χ0) is 7.28. The van der Waals surface area contributed by atoms with Crippen LogP contribution in [0.15, 0.2) is 23.1 Å². The van der Waals surface area contributed by atoms with E-state index in [1.54, 1.807) is 13.1 Å². The molecular formula is C5H10ClN3. The van der Waals surface area contributed by atoms with E-state index in [2.05, 4.69) is 5.32 Å². The van der Waals surface area contributed by atoms with Gasteiger partial charge in [0.2, 0.25) is 0 Å². The predicted molar refractivity (Wildman–Crippen MR) is 39.5 cm³/mol. The van der Waals surface area contributed by atoms with Crippen LogP contribution in [0.1, 0.15) is 0 Å². The summed E-state index contributed by atoms with van der Waals surface area (Å²) >= 11 is 5.29. The van der Waals surface area contributed by atoms with Gasteiger partial charge in [0.15, 0.2) is 0 Å². The van der Waals surface area contributed by atoms with Crippen LogP contribution in [-0.4, -0.2) is 7.05 Å². The van der Waals surface area contributed by atoms with Crippen molar-refractivity contribution in [3.8, 4) is 0 Å². The lowest BCUT2D eigenvalue weighted by atomic mass is 10.5. The fourth-order valence-corrected chi connectivity index (χ4v) is 0.316. The zero-order valence-electron chi connectivity index (χ0n) is 5.19. The van der Waals surface area contributed by atoms with Crippen molar-refractivity contribution in [3.05, 3.63) is 23.1 Å². The first kappa shape index (κ1) is 8.17. The average Bonchev–Trinajstić information content (AvgIpc) is 1.83. The zero-order valence-corrected chi connectivity index (χ0v) is 5.94. The highest BCUT2D eigenvalue weighted by Crippen LogP contribution is 1.89. The fraction of sp³-hybridized carbons (Fsp3) is 0.200. The van der Waals surface area contributed by atoms with Crippen molar-refractivity contribution >= 4 is 11.6 Å². The van der Waals surface area contributed by atoms with Crippen LogP contribution in [0.2, 0.25) is 0 Å². The molecule has 0 aromatic heterocycles. The second-order valence-electron chi connectivity index (χ2n) is 1.42. The minimum absolute atomic E-state index is 0.216. The molecule has 0 spiro atoms. The van der Waals surface area contributed by atoms with Crippen LogP contribution in [0, 0.1) is 0 Å². The Bertz CT molecular complexity index is 135. The third-order valence-corrected chi connectivity index (χ3v) is 0.837. The highest BCUT2D eigenvalue weighted by atomic mass is 35.5. The van der Waals surface area contributed by atoms with Gasteiger partial charge in [-0.1, -0.05) is 11.6 Å². The van der Waals surface area contributed by atoms with E-state index in [1.165, 1.54) is 6.08 Å². The Balaban J connectivity index is 3.83. The Kier molecular flexibility index (Phi) is 3.71. The van der Waals surface area contributed by atoms with E-state index in [9.17, 15) is 0 Å². The Hall–Kier alpha value is -0.830. The van der Waals surface area contributed by atoms with Gasteiger partial charge in [-0.3, -0.25) is 0 Å². The van der Waals surface area contributed by atoms with Gasteiger partial charge in [-0.25, -0.2) is 0 Å². The van der Waals surface area contributed by atoms with Crippen molar-refractivity contribution < 1.29 is 0 Å². The Morgan fingerprint density at radius 1 is 1.44 bits per heavy atom. The minimum atomic E-state index is 0.216. The third-order valence-electron chi connectivity index (χ3n) is 0.711. The van der Waals surface area contributed by atoms with Crippen molar-refractivity contribution in [1.82, 2.24) is 5.32 Å². The van der Waals surface area contributed by atoms with Gasteiger partial charge >= 0.3 is 0 Å². The summed E-state index contributed by atoms with van der Waals surface area (Å²) in [5, 5.41) is 2.92. The van der Waals surface area contributed by atoms with E-state index < -0.39 is 0 Å². The predicted octanol–water partition coefficient (Wildman–Crippen LogP) is 0.0448. The van der Waals surface area contributed by atoms with Gasteiger partial charge in [-0.15, -0.1) is 0 Å². The number of rotatable bonds is 2. The molecule has 0 aromatic rings. The highest BCUT2D eigenvalue weighted by Gasteiger charge is 1.78. The van der Waals surface area contributed by atoms with E-state index in [0.717, 1.165) is 0 Å². The lowest BCUT2D eigenvalue weighted by Gasteiger charge is -1.93. The molecular weight excluding hydrogens is 138 g/mol. The number of nitrogens with one attached hydrogen (secondary N) is 1. The van der Waals surface area contributed by atoms with E-state index in [4.69, 9.17) is 23.1 Å². The van der Waals surface area contributed by atoms with Gasteiger partial charge in [0, 0.05) is 7.05 Å². The molecule has 0 saturated heterocycles. The second kappa shape index (κ2) is 4.09. The van der Waals surface area contributed by atoms with Crippen LogP contribution < -0.4 is 16.8 Å². The van der Waals surface area contributed by atoms with Crippen molar-refractivity contribution in [2.75, 3.05) is 7.05 Å². The molecule has 0 atom stereocenters. The summed E-state index contributed by atoms with van der Waals surface area (Å²) in [6.07, 6.45) is 3.09. The van der Waals surface area contributed by atoms with Crippen LogP contribution in [0.3, 0.4) is 0 Å². The molecule has 3 nitrogen and oxygen atoms in total. The van der Waals surface area contributed by atoms with Gasteiger partial charge < -0.3 is 16.8 Å². The largest absolute Gasteiger partial charge is 0.389 e. The SMILES string of the molecule is CN/C(N)=C/C=C(\N)Cl. The number of hydrogen-bond acceptors (Lipinski definition) is 3. The smallest absolute Gasteiger partial charge is 0.0993 e. The number of hydrogen-bond donors (Lipinski definition) is 3. The van der Waals surface area contributed by atoms with Crippen molar-refractivity contribution in [3.63, 3.8) is 0 Å². The lowest BCUT2D eigenvalue weighted by molar-refractivity contribution is 0.965. The first-order valence-corrected chi connectivity index (χ1v) is 2.80. The Labute approximate surface area is 59.4 Å².